The Balaban J connectivity index is 0.000000533. The first-order valence-electron chi connectivity index (χ1n) is 13.4. The van der Waals surface area contributed by atoms with Crippen molar-refractivity contribution in [2.75, 3.05) is 6.61 Å². The average molecular weight is 494 g/mol. The molecule has 0 unspecified atom stereocenters. The van der Waals surface area contributed by atoms with Crippen LogP contribution in [-0.2, 0) is 27.9 Å². The predicted molar refractivity (Wildman–Crippen MR) is 141 cm³/mol. The summed E-state index contributed by atoms with van der Waals surface area (Å²) >= 11 is 0. The molecule has 1 aromatic heterocycles. The molecule has 0 spiro atoms. The Morgan fingerprint density at radius 2 is 1.29 bits per heavy atom. The van der Waals surface area contributed by atoms with Gasteiger partial charge < -0.3 is 0 Å². The van der Waals surface area contributed by atoms with Gasteiger partial charge in [0.1, 0.15) is 12.4 Å². The summed E-state index contributed by atoms with van der Waals surface area (Å²) in [5.41, 5.74) is 0. The summed E-state index contributed by atoms with van der Waals surface area (Å²) in [7, 11) is -1.52. The van der Waals surface area contributed by atoms with Crippen LogP contribution in [0.4, 0.5) is 0 Å². The van der Waals surface area contributed by atoms with Crippen molar-refractivity contribution in [2.24, 2.45) is 7.05 Å². The standard InChI is InChI=1S/C21H36O3S.C7H13N2/c1-2-3-4-5-6-7-8-9-10-11-12-13-17-20-24-25(22,23)21-18-15-14-16-19-21;1-4-9-6-5-8(3)7(9)2/h14-16,18-19H,2-13,17,20H2,1H3;5-6H,4H2,1-3H3/q;+1. The van der Waals surface area contributed by atoms with E-state index in [2.05, 4.69) is 49.3 Å². The smallest absolute Gasteiger partial charge is 0.266 e. The van der Waals surface area contributed by atoms with Gasteiger partial charge in [-0.15, -0.1) is 0 Å². The number of benzene rings is 1. The Bertz CT molecular complexity index is 848. The zero-order valence-corrected chi connectivity index (χ0v) is 23.0. The number of unbranched alkanes of at least 4 members (excludes halogenated alkanes) is 12. The van der Waals surface area contributed by atoms with Crippen molar-refractivity contribution in [3.63, 3.8) is 0 Å². The van der Waals surface area contributed by atoms with Gasteiger partial charge in [0.15, 0.2) is 0 Å². The zero-order valence-electron chi connectivity index (χ0n) is 22.2. The van der Waals surface area contributed by atoms with Crippen molar-refractivity contribution in [3.05, 3.63) is 48.5 Å². The van der Waals surface area contributed by atoms with E-state index in [1.807, 2.05) is 0 Å². The number of hydrogen-bond acceptors (Lipinski definition) is 3. The predicted octanol–water partition coefficient (Wildman–Crippen LogP) is 7.12. The molecule has 2 aromatic rings. The fourth-order valence-electron chi connectivity index (χ4n) is 3.88. The molecule has 1 heterocycles. The average Bonchev–Trinajstić information content (AvgIpc) is 3.17. The molecule has 0 aliphatic heterocycles. The van der Waals surface area contributed by atoms with E-state index < -0.39 is 10.1 Å². The van der Waals surface area contributed by atoms with Crippen molar-refractivity contribution >= 4 is 10.1 Å². The van der Waals surface area contributed by atoms with Gasteiger partial charge in [-0.05, 0) is 25.5 Å². The summed E-state index contributed by atoms with van der Waals surface area (Å²) < 4.78 is 33.3. The number of imidazole rings is 1. The molecule has 194 valence electrons. The first-order valence-corrected chi connectivity index (χ1v) is 14.8. The van der Waals surface area contributed by atoms with E-state index in [4.69, 9.17) is 4.18 Å². The highest BCUT2D eigenvalue weighted by molar-refractivity contribution is 7.86. The lowest BCUT2D eigenvalue weighted by Gasteiger charge is -2.06. The molecule has 0 atom stereocenters. The van der Waals surface area contributed by atoms with E-state index in [0.717, 1.165) is 19.4 Å². The first kappa shape index (κ1) is 30.4. The third kappa shape index (κ3) is 13.3. The van der Waals surface area contributed by atoms with Crippen LogP contribution in [0.3, 0.4) is 0 Å². The molecule has 0 aliphatic rings. The fourth-order valence-corrected chi connectivity index (χ4v) is 4.84. The molecule has 0 fully saturated rings. The van der Waals surface area contributed by atoms with Gasteiger partial charge in [-0.2, -0.15) is 8.42 Å². The number of rotatable bonds is 17. The lowest BCUT2D eigenvalue weighted by molar-refractivity contribution is -0.677. The van der Waals surface area contributed by atoms with Crippen molar-refractivity contribution in [1.29, 1.82) is 0 Å². The second-order valence-corrected chi connectivity index (χ2v) is 10.7. The van der Waals surface area contributed by atoms with E-state index in [9.17, 15) is 8.42 Å². The second-order valence-electron chi connectivity index (χ2n) is 9.07. The molecule has 34 heavy (non-hydrogen) atoms. The summed E-state index contributed by atoms with van der Waals surface area (Å²) in [6.07, 6.45) is 20.7. The van der Waals surface area contributed by atoms with Crippen LogP contribution in [0, 0.1) is 6.92 Å². The SMILES string of the molecule is CCCCCCCCCCCCCCCOS(=O)(=O)c1ccccc1.CCn1cc[n+](C)c1C. The molecule has 0 amide bonds. The lowest BCUT2D eigenvalue weighted by atomic mass is 10.0. The van der Waals surface area contributed by atoms with E-state index in [1.54, 1.807) is 30.3 Å². The topological polar surface area (TPSA) is 52.2 Å². The first-order chi connectivity index (χ1) is 16.4. The number of hydrogen-bond donors (Lipinski definition) is 0. The molecule has 6 heteroatoms. The summed E-state index contributed by atoms with van der Waals surface area (Å²) in [5, 5.41) is 0. The molecule has 0 bridgehead atoms. The fraction of sp³-hybridized carbons (Fsp3) is 0.679. The van der Waals surface area contributed by atoms with E-state index in [0.29, 0.717) is 0 Å². The third-order valence-corrected chi connectivity index (χ3v) is 7.58. The normalized spacial score (nSPS) is 11.3. The maximum absolute atomic E-state index is 11.9. The minimum Gasteiger partial charge on any atom is -0.266 e. The summed E-state index contributed by atoms with van der Waals surface area (Å²) in [4.78, 5) is 0.240. The van der Waals surface area contributed by atoms with Crippen LogP contribution in [0.2, 0.25) is 0 Å². The molecule has 0 radical (unpaired) electrons. The van der Waals surface area contributed by atoms with Gasteiger partial charge in [-0.1, -0.05) is 102 Å². The van der Waals surface area contributed by atoms with Crippen molar-refractivity contribution in [1.82, 2.24) is 4.57 Å². The van der Waals surface area contributed by atoms with E-state index in [1.165, 1.54) is 76.5 Å². The molecule has 2 rings (SSSR count). The van der Waals surface area contributed by atoms with Gasteiger partial charge >= 0.3 is 0 Å². The highest BCUT2D eigenvalue weighted by atomic mass is 32.2. The van der Waals surface area contributed by atoms with Crippen molar-refractivity contribution in [3.8, 4) is 0 Å². The van der Waals surface area contributed by atoms with Gasteiger partial charge in [0.25, 0.3) is 15.9 Å². The van der Waals surface area contributed by atoms with Crippen LogP contribution in [-0.4, -0.2) is 19.6 Å². The Labute approximate surface area is 209 Å². The minimum atomic E-state index is -3.58. The van der Waals surface area contributed by atoms with Gasteiger partial charge in [0, 0.05) is 6.92 Å². The van der Waals surface area contributed by atoms with Gasteiger partial charge in [0.05, 0.1) is 25.1 Å². The number of nitrogens with zero attached hydrogens (tertiary/aromatic N) is 2. The number of aromatic nitrogens is 2. The summed E-state index contributed by atoms with van der Waals surface area (Å²) in [6.45, 7) is 7.87. The molecule has 0 saturated heterocycles. The monoisotopic (exact) mass is 493 g/mol. The zero-order chi connectivity index (χ0) is 25.1. The maximum atomic E-state index is 11.9. The summed E-state index contributed by atoms with van der Waals surface area (Å²) in [5.74, 6) is 1.30. The van der Waals surface area contributed by atoms with Crippen LogP contribution < -0.4 is 4.57 Å². The Morgan fingerprint density at radius 3 is 1.71 bits per heavy atom. The van der Waals surface area contributed by atoms with Crippen LogP contribution in [0.15, 0.2) is 47.6 Å². The summed E-state index contributed by atoms with van der Waals surface area (Å²) in [6, 6.07) is 8.35. The second kappa shape index (κ2) is 18.6. The highest BCUT2D eigenvalue weighted by Gasteiger charge is 2.13. The van der Waals surface area contributed by atoms with Crippen molar-refractivity contribution in [2.45, 2.75) is 116 Å². The quantitative estimate of drug-likeness (QED) is 0.134. The van der Waals surface area contributed by atoms with E-state index in [-0.39, 0.29) is 11.5 Å². The van der Waals surface area contributed by atoms with Gasteiger partial charge in [-0.25, -0.2) is 9.13 Å². The molecule has 1 aromatic carbocycles. The molecule has 0 saturated carbocycles. The lowest BCUT2D eigenvalue weighted by Crippen LogP contribution is -2.29. The Kier molecular flexibility index (Phi) is 16.7. The molecule has 0 aliphatic carbocycles. The molecular formula is C28H49N2O3S+. The van der Waals surface area contributed by atoms with Gasteiger partial charge in [-0.3, -0.25) is 4.18 Å². The van der Waals surface area contributed by atoms with Crippen LogP contribution in [0.25, 0.3) is 0 Å². The van der Waals surface area contributed by atoms with Crippen molar-refractivity contribution < 1.29 is 17.2 Å². The largest absolute Gasteiger partial charge is 0.296 e. The van der Waals surface area contributed by atoms with Crippen LogP contribution >= 0.6 is 0 Å². The Hall–Kier alpha value is -1.66. The number of aryl methyl sites for hydroxylation is 2. The van der Waals surface area contributed by atoms with Crippen LogP contribution in [0.5, 0.6) is 0 Å². The maximum Gasteiger partial charge on any atom is 0.296 e. The third-order valence-electron chi connectivity index (χ3n) is 6.26. The molecule has 0 N–H and O–H groups in total. The minimum absolute atomic E-state index is 0.240. The van der Waals surface area contributed by atoms with E-state index >= 15 is 0 Å². The highest BCUT2D eigenvalue weighted by Crippen LogP contribution is 2.14. The molecule has 5 nitrogen and oxygen atoms in total. The van der Waals surface area contributed by atoms with Crippen LogP contribution in [0.1, 0.15) is 103 Å². The Morgan fingerprint density at radius 1 is 0.794 bits per heavy atom. The molecular weight excluding hydrogens is 444 g/mol. The van der Waals surface area contributed by atoms with Gasteiger partial charge in [0.2, 0.25) is 0 Å².